The average Bonchev–Trinajstić information content (AvgIpc) is 2.61. The van der Waals surface area contributed by atoms with Gasteiger partial charge in [-0.05, 0) is 31.2 Å². The smallest absolute Gasteiger partial charge is 0.321 e. The van der Waals surface area contributed by atoms with E-state index in [0.29, 0.717) is 22.3 Å². The normalized spacial score (nSPS) is 15.4. The summed E-state index contributed by atoms with van der Waals surface area (Å²) in [5.41, 5.74) is 0.586. The highest BCUT2D eigenvalue weighted by molar-refractivity contribution is 6.36. The predicted molar refractivity (Wildman–Crippen MR) is 81.8 cm³/mol. The summed E-state index contributed by atoms with van der Waals surface area (Å²) in [5.74, 6) is 0. The fourth-order valence-corrected chi connectivity index (χ4v) is 2.29. The van der Waals surface area contributed by atoms with E-state index < -0.39 is 0 Å². The second-order valence-corrected chi connectivity index (χ2v) is 4.99. The van der Waals surface area contributed by atoms with E-state index in [2.05, 4.69) is 10.6 Å². The molecule has 0 bridgehead atoms. The summed E-state index contributed by atoms with van der Waals surface area (Å²) >= 11 is 11.8. The minimum Gasteiger partial charge on any atom is -0.323 e. The van der Waals surface area contributed by atoms with Crippen LogP contribution in [0.25, 0.3) is 0 Å². The van der Waals surface area contributed by atoms with E-state index in [1.807, 2.05) is 0 Å². The standard InChI is InChI=1S/C12H15Cl2N3O.ClH/c13-9-2-3-11(10(14)8-9)16-12(18)17-6-1-4-15-5-7-17;/h2-3,8,15H,1,4-7H2,(H,16,18);1H. The molecule has 0 unspecified atom stereocenters. The summed E-state index contributed by atoms with van der Waals surface area (Å²) in [6, 6.07) is 4.90. The lowest BCUT2D eigenvalue weighted by molar-refractivity contribution is 0.215. The van der Waals surface area contributed by atoms with Crippen LogP contribution in [0.5, 0.6) is 0 Å². The van der Waals surface area contributed by atoms with E-state index in [9.17, 15) is 4.79 Å². The van der Waals surface area contributed by atoms with Gasteiger partial charge in [-0.2, -0.15) is 0 Å². The molecule has 0 spiro atoms. The average molecular weight is 325 g/mol. The Hall–Kier alpha value is -0.680. The molecule has 7 heteroatoms. The van der Waals surface area contributed by atoms with Crippen molar-refractivity contribution in [3.05, 3.63) is 28.2 Å². The molecule has 0 atom stereocenters. The van der Waals surface area contributed by atoms with Crippen LogP contribution in [0.4, 0.5) is 10.5 Å². The van der Waals surface area contributed by atoms with Gasteiger partial charge in [0.1, 0.15) is 0 Å². The molecule has 1 aromatic carbocycles. The molecule has 0 saturated carbocycles. The third-order valence-corrected chi connectivity index (χ3v) is 3.35. The second-order valence-electron chi connectivity index (χ2n) is 4.14. The monoisotopic (exact) mass is 323 g/mol. The Labute approximate surface area is 128 Å². The molecule has 2 N–H and O–H groups in total. The van der Waals surface area contributed by atoms with Crippen LogP contribution in [-0.2, 0) is 0 Å². The van der Waals surface area contributed by atoms with Crippen LogP contribution < -0.4 is 10.6 Å². The van der Waals surface area contributed by atoms with Crippen molar-refractivity contribution in [1.82, 2.24) is 10.2 Å². The summed E-state index contributed by atoms with van der Waals surface area (Å²) in [6.45, 7) is 3.23. The van der Waals surface area contributed by atoms with Gasteiger partial charge in [0.25, 0.3) is 0 Å². The first-order chi connectivity index (χ1) is 8.66. The maximum atomic E-state index is 12.1. The number of amides is 2. The Kier molecular flexibility index (Phi) is 6.72. The van der Waals surface area contributed by atoms with Gasteiger partial charge in [0.15, 0.2) is 0 Å². The lowest BCUT2D eigenvalue weighted by Gasteiger charge is -2.20. The van der Waals surface area contributed by atoms with E-state index in [0.717, 1.165) is 26.1 Å². The summed E-state index contributed by atoms with van der Waals surface area (Å²) in [5, 5.41) is 7.05. The SMILES string of the molecule is Cl.O=C(Nc1ccc(Cl)cc1Cl)N1CCCNCC1. The Morgan fingerprint density at radius 3 is 2.79 bits per heavy atom. The highest BCUT2D eigenvalue weighted by atomic mass is 35.5. The van der Waals surface area contributed by atoms with Crippen molar-refractivity contribution >= 4 is 47.3 Å². The molecule has 4 nitrogen and oxygen atoms in total. The molecule has 1 fully saturated rings. The molecule has 1 saturated heterocycles. The third kappa shape index (κ3) is 4.73. The number of rotatable bonds is 1. The van der Waals surface area contributed by atoms with Crippen LogP contribution in [0, 0.1) is 0 Å². The third-order valence-electron chi connectivity index (χ3n) is 2.80. The number of carbonyl (C=O) groups excluding carboxylic acids is 1. The van der Waals surface area contributed by atoms with Crippen LogP contribution in [0.15, 0.2) is 18.2 Å². The molecule has 1 aliphatic rings. The summed E-state index contributed by atoms with van der Waals surface area (Å²) in [4.78, 5) is 13.8. The summed E-state index contributed by atoms with van der Waals surface area (Å²) in [6.07, 6.45) is 0.960. The molecule has 0 aromatic heterocycles. The van der Waals surface area contributed by atoms with Gasteiger partial charge in [-0.25, -0.2) is 4.79 Å². The van der Waals surface area contributed by atoms with E-state index >= 15 is 0 Å². The van der Waals surface area contributed by atoms with E-state index in [-0.39, 0.29) is 18.4 Å². The van der Waals surface area contributed by atoms with Gasteiger partial charge >= 0.3 is 6.03 Å². The largest absolute Gasteiger partial charge is 0.323 e. The highest BCUT2D eigenvalue weighted by Crippen LogP contribution is 2.25. The minimum absolute atomic E-state index is 0. The van der Waals surface area contributed by atoms with E-state index in [1.54, 1.807) is 23.1 Å². The number of urea groups is 1. The first kappa shape index (κ1) is 16.4. The number of halogens is 3. The van der Waals surface area contributed by atoms with E-state index in [1.165, 1.54) is 0 Å². The Bertz CT molecular complexity index is 434. The topological polar surface area (TPSA) is 44.4 Å². The fourth-order valence-electron chi connectivity index (χ4n) is 1.83. The van der Waals surface area contributed by atoms with Gasteiger partial charge in [0, 0.05) is 24.7 Å². The Morgan fingerprint density at radius 2 is 2.05 bits per heavy atom. The zero-order chi connectivity index (χ0) is 13.0. The van der Waals surface area contributed by atoms with Crippen molar-refractivity contribution in [3.8, 4) is 0 Å². The molecule has 1 aromatic rings. The summed E-state index contributed by atoms with van der Waals surface area (Å²) < 4.78 is 0. The quantitative estimate of drug-likeness (QED) is 0.833. The van der Waals surface area contributed by atoms with Crippen molar-refractivity contribution in [2.24, 2.45) is 0 Å². The zero-order valence-electron chi connectivity index (χ0n) is 10.3. The molecule has 1 heterocycles. The van der Waals surface area contributed by atoms with Crippen LogP contribution in [0.2, 0.25) is 10.0 Å². The maximum absolute atomic E-state index is 12.1. The number of hydrogen-bond acceptors (Lipinski definition) is 2. The zero-order valence-corrected chi connectivity index (χ0v) is 12.6. The van der Waals surface area contributed by atoms with Gasteiger partial charge in [-0.15, -0.1) is 12.4 Å². The van der Waals surface area contributed by atoms with Crippen LogP contribution in [0.1, 0.15) is 6.42 Å². The van der Waals surface area contributed by atoms with Crippen LogP contribution in [-0.4, -0.2) is 37.1 Å². The number of anilines is 1. The molecule has 2 amide bonds. The first-order valence-corrected chi connectivity index (χ1v) is 6.64. The van der Waals surface area contributed by atoms with Crippen molar-refractivity contribution in [2.75, 3.05) is 31.5 Å². The summed E-state index contributed by atoms with van der Waals surface area (Å²) in [7, 11) is 0. The predicted octanol–water partition coefficient (Wildman–Crippen LogP) is 3.24. The van der Waals surface area contributed by atoms with Gasteiger partial charge in [0.2, 0.25) is 0 Å². The maximum Gasteiger partial charge on any atom is 0.321 e. The van der Waals surface area contributed by atoms with Crippen LogP contribution >= 0.6 is 35.6 Å². The lowest BCUT2D eigenvalue weighted by atomic mass is 10.3. The van der Waals surface area contributed by atoms with Crippen molar-refractivity contribution in [2.45, 2.75) is 6.42 Å². The number of hydrogen-bond donors (Lipinski definition) is 2. The molecule has 0 radical (unpaired) electrons. The van der Waals surface area contributed by atoms with Crippen molar-refractivity contribution in [1.29, 1.82) is 0 Å². The molecule has 106 valence electrons. The molecular weight excluding hydrogens is 309 g/mol. The van der Waals surface area contributed by atoms with Crippen LogP contribution in [0.3, 0.4) is 0 Å². The molecule has 2 rings (SSSR count). The van der Waals surface area contributed by atoms with Gasteiger partial charge in [-0.3, -0.25) is 0 Å². The Balaban J connectivity index is 0.00000180. The first-order valence-electron chi connectivity index (χ1n) is 5.88. The number of nitrogens with zero attached hydrogens (tertiary/aromatic N) is 1. The Morgan fingerprint density at radius 1 is 1.26 bits per heavy atom. The molecule has 0 aliphatic carbocycles. The second kappa shape index (κ2) is 7.80. The van der Waals surface area contributed by atoms with Crippen molar-refractivity contribution < 1.29 is 4.79 Å². The minimum atomic E-state index is -0.122. The number of carbonyl (C=O) groups is 1. The van der Waals surface area contributed by atoms with E-state index in [4.69, 9.17) is 23.2 Å². The molecule has 1 aliphatic heterocycles. The lowest BCUT2D eigenvalue weighted by Crippen LogP contribution is -2.37. The van der Waals surface area contributed by atoms with Crippen molar-refractivity contribution in [3.63, 3.8) is 0 Å². The number of nitrogens with one attached hydrogen (secondary N) is 2. The van der Waals surface area contributed by atoms with Gasteiger partial charge in [-0.1, -0.05) is 23.2 Å². The molecule has 19 heavy (non-hydrogen) atoms. The molecular formula is C12H16Cl3N3O. The van der Waals surface area contributed by atoms with Gasteiger partial charge in [0.05, 0.1) is 10.7 Å². The fraction of sp³-hybridized carbons (Fsp3) is 0.417. The number of benzene rings is 1. The van der Waals surface area contributed by atoms with Gasteiger partial charge < -0.3 is 15.5 Å². The highest BCUT2D eigenvalue weighted by Gasteiger charge is 2.16.